The number of nitrogen functional groups attached to an aromatic ring is 1. The van der Waals surface area contributed by atoms with Gasteiger partial charge in [-0.05, 0) is 37.1 Å². The number of β-amino-alcohol motifs (C(OH)–C–C–N with tert-alkyl or cyclic N) is 1. The van der Waals surface area contributed by atoms with Gasteiger partial charge in [-0.15, -0.1) is 11.3 Å². The van der Waals surface area contributed by atoms with Gasteiger partial charge in [0.1, 0.15) is 22.1 Å². The van der Waals surface area contributed by atoms with Gasteiger partial charge < -0.3 is 25.8 Å². The Labute approximate surface area is 191 Å². The van der Waals surface area contributed by atoms with Crippen LogP contribution in [0.25, 0.3) is 10.2 Å². The van der Waals surface area contributed by atoms with E-state index in [-0.39, 0.29) is 18.6 Å². The Balaban J connectivity index is 1.26. The van der Waals surface area contributed by atoms with Crippen molar-refractivity contribution in [3.8, 4) is 5.75 Å². The highest BCUT2D eigenvalue weighted by atomic mass is 32.1. The number of anilines is 2. The number of nitrogens with two attached hydrogens (primary N) is 1. The zero-order chi connectivity index (χ0) is 23.5. The van der Waals surface area contributed by atoms with Crippen molar-refractivity contribution in [3.05, 3.63) is 46.5 Å². The summed E-state index contributed by atoms with van der Waals surface area (Å²) in [6.45, 7) is 1.06. The monoisotopic (exact) mass is 478 g/mol. The summed E-state index contributed by atoms with van der Waals surface area (Å²) in [5.74, 6) is 0.260. The fraction of sp³-hybridized carbons (Fsp3) is 0.364. The number of halogens is 3. The van der Waals surface area contributed by atoms with E-state index in [1.54, 1.807) is 18.2 Å². The highest BCUT2D eigenvalue weighted by molar-refractivity contribution is 7.21. The van der Waals surface area contributed by atoms with Crippen molar-refractivity contribution in [3.63, 3.8) is 0 Å². The Hall–Kier alpha value is -3.05. The number of hydrogen-bond donors (Lipinski definition) is 3. The van der Waals surface area contributed by atoms with Gasteiger partial charge in [-0.3, -0.25) is 4.79 Å². The molecular weight excluding hydrogens is 457 g/mol. The lowest BCUT2D eigenvalue weighted by Gasteiger charge is -2.48. The van der Waals surface area contributed by atoms with Crippen molar-refractivity contribution >= 4 is 38.8 Å². The van der Waals surface area contributed by atoms with Crippen molar-refractivity contribution in [2.75, 3.05) is 30.3 Å². The van der Waals surface area contributed by atoms with Crippen LogP contribution in [0, 0.1) is 6.92 Å². The number of rotatable bonds is 3. The van der Waals surface area contributed by atoms with E-state index in [0.29, 0.717) is 33.3 Å². The van der Waals surface area contributed by atoms with E-state index >= 15 is 0 Å². The van der Waals surface area contributed by atoms with Crippen LogP contribution in [-0.4, -0.2) is 53.5 Å². The van der Waals surface area contributed by atoms with Crippen molar-refractivity contribution in [2.45, 2.75) is 31.2 Å². The number of alkyl halides is 3. The minimum absolute atomic E-state index is 0.219. The van der Waals surface area contributed by atoms with E-state index in [4.69, 9.17) is 10.5 Å². The summed E-state index contributed by atoms with van der Waals surface area (Å²) in [7, 11) is 0. The number of aromatic nitrogens is 1. The minimum Gasteiger partial charge on any atom is -0.491 e. The smallest absolute Gasteiger partial charge is 0.420 e. The molecule has 1 fully saturated rings. The Morgan fingerprint density at radius 2 is 2.09 bits per heavy atom. The van der Waals surface area contributed by atoms with Crippen molar-refractivity contribution in [1.82, 2.24) is 10.3 Å². The molecule has 4 heterocycles. The van der Waals surface area contributed by atoms with Crippen LogP contribution in [0.2, 0.25) is 0 Å². The molecule has 4 N–H and O–H groups in total. The van der Waals surface area contributed by atoms with Crippen molar-refractivity contribution in [1.29, 1.82) is 0 Å². The van der Waals surface area contributed by atoms with Gasteiger partial charge in [0.15, 0.2) is 5.60 Å². The normalized spacial score (nSPS) is 19.5. The number of pyridine rings is 1. The van der Waals surface area contributed by atoms with Crippen LogP contribution in [0.1, 0.15) is 20.9 Å². The lowest BCUT2D eigenvalue weighted by molar-refractivity contribution is -0.267. The summed E-state index contributed by atoms with van der Waals surface area (Å²) in [5, 5.41) is 13.4. The second-order valence-electron chi connectivity index (χ2n) is 8.51. The molecule has 3 aromatic rings. The van der Waals surface area contributed by atoms with Gasteiger partial charge in [0.05, 0.1) is 24.8 Å². The molecule has 2 aliphatic rings. The zero-order valence-electron chi connectivity index (χ0n) is 17.6. The molecule has 0 spiro atoms. The largest absolute Gasteiger partial charge is 0.491 e. The summed E-state index contributed by atoms with van der Waals surface area (Å²) in [4.78, 5) is 19.8. The van der Waals surface area contributed by atoms with E-state index in [1.165, 1.54) is 16.2 Å². The third-order valence-electron chi connectivity index (χ3n) is 6.03. The van der Waals surface area contributed by atoms with Crippen LogP contribution in [0.5, 0.6) is 5.75 Å². The molecule has 5 rings (SSSR count). The second kappa shape index (κ2) is 7.49. The van der Waals surface area contributed by atoms with Gasteiger partial charge >= 0.3 is 6.18 Å². The minimum atomic E-state index is -4.66. The quantitative estimate of drug-likeness (QED) is 0.535. The second-order valence-corrected chi connectivity index (χ2v) is 9.51. The molecule has 33 heavy (non-hydrogen) atoms. The lowest BCUT2D eigenvalue weighted by Crippen LogP contribution is -2.69. The first kappa shape index (κ1) is 21.8. The van der Waals surface area contributed by atoms with Crippen molar-refractivity contribution in [2.24, 2.45) is 0 Å². The standard InChI is InChI=1S/C22H21F3N4O3S/c1-11-2-5-15-17(26)18(33-20(15)27-11)19(30)28-13-6-12-3-4-14(7-16(12)32-8-13)29-9-21(31,10-29)22(23,24)25/h2-5,7,13,31H,6,8-10,26H2,1H3,(H,28,30)/t13-/m1/s1. The van der Waals surface area contributed by atoms with Gasteiger partial charge in [0.2, 0.25) is 0 Å². The Morgan fingerprint density at radius 1 is 1.33 bits per heavy atom. The molecule has 2 aromatic heterocycles. The third-order valence-corrected chi connectivity index (χ3v) is 7.14. The molecule has 174 valence electrons. The lowest BCUT2D eigenvalue weighted by atomic mass is 9.92. The van der Waals surface area contributed by atoms with E-state index in [0.717, 1.165) is 16.6 Å². The highest BCUT2D eigenvalue weighted by Crippen LogP contribution is 2.41. The predicted molar refractivity (Wildman–Crippen MR) is 119 cm³/mol. The van der Waals surface area contributed by atoms with Gasteiger partial charge in [-0.2, -0.15) is 13.2 Å². The van der Waals surface area contributed by atoms with Crippen LogP contribution in [0.15, 0.2) is 30.3 Å². The van der Waals surface area contributed by atoms with Crippen LogP contribution in [0.3, 0.4) is 0 Å². The molecule has 1 saturated heterocycles. The van der Waals surface area contributed by atoms with Crippen LogP contribution in [0.4, 0.5) is 24.5 Å². The number of thiophene rings is 1. The van der Waals surface area contributed by atoms with Crippen molar-refractivity contribution < 1.29 is 27.8 Å². The van der Waals surface area contributed by atoms with Gasteiger partial charge in [0, 0.05) is 22.8 Å². The van der Waals surface area contributed by atoms with E-state index in [1.807, 2.05) is 19.1 Å². The zero-order valence-corrected chi connectivity index (χ0v) is 18.4. The summed E-state index contributed by atoms with van der Waals surface area (Å²) in [6.07, 6.45) is -4.15. The number of hydrogen-bond acceptors (Lipinski definition) is 7. The van der Waals surface area contributed by atoms with E-state index in [2.05, 4.69) is 10.3 Å². The molecule has 0 saturated carbocycles. The first-order valence-corrected chi connectivity index (χ1v) is 11.1. The molecule has 0 radical (unpaired) electrons. The number of carbonyl (C=O) groups is 1. The average Bonchev–Trinajstić information content (AvgIpc) is 3.06. The van der Waals surface area contributed by atoms with Crippen LogP contribution in [-0.2, 0) is 6.42 Å². The fourth-order valence-corrected chi connectivity index (χ4v) is 5.15. The van der Waals surface area contributed by atoms with Crippen LogP contribution < -0.4 is 20.7 Å². The van der Waals surface area contributed by atoms with E-state index < -0.39 is 24.9 Å². The Kier molecular flexibility index (Phi) is 4.94. The number of aryl methyl sites for hydroxylation is 1. The Bertz CT molecular complexity index is 1250. The van der Waals surface area contributed by atoms with Gasteiger partial charge in [-0.25, -0.2) is 4.98 Å². The predicted octanol–water partition coefficient (Wildman–Crippen LogP) is 3.03. The molecule has 11 heteroatoms. The third kappa shape index (κ3) is 3.74. The molecule has 0 unspecified atom stereocenters. The maximum atomic E-state index is 12.9. The summed E-state index contributed by atoms with van der Waals surface area (Å²) in [5.41, 5.74) is 6.11. The number of benzene rings is 1. The Morgan fingerprint density at radius 3 is 2.82 bits per heavy atom. The number of nitrogens with one attached hydrogen (secondary N) is 1. The van der Waals surface area contributed by atoms with Gasteiger partial charge in [0.25, 0.3) is 5.91 Å². The first-order chi connectivity index (χ1) is 15.5. The van der Waals surface area contributed by atoms with Crippen LogP contribution >= 0.6 is 11.3 Å². The number of nitrogens with zero attached hydrogens (tertiary/aromatic N) is 2. The molecule has 1 amide bonds. The number of fused-ring (bicyclic) bond motifs is 2. The van der Waals surface area contributed by atoms with E-state index in [9.17, 15) is 23.1 Å². The summed E-state index contributed by atoms with van der Waals surface area (Å²) in [6, 6.07) is 8.55. The first-order valence-electron chi connectivity index (χ1n) is 10.3. The molecule has 7 nitrogen and oxygen atoms in total. The summed E-state index contributed by atoms with van der Waals surface area (Å²) >= 11 is 1.24. The number of ether oxygens (including phenoxy) is 1. The molecule has 1 aromatic carbocycles. The van der Waals surface area contributed by atoms with Gasteiger partial charge in [-0.1, -0.05) is 6.07 Å². The SMILES string of the molecule is Cc1ccc2c(N)c(C(=O)N[C@H]3COc4cc(N5CC(O)(C(F)(F)F)C5)ccc4C3)sc2n1. The topological polar surface area (TPSA) is 101 Å². The molecular formula is C22H21F3N4O3S. The average molecular weight is 478 g/mol. The number of amides is 1. The molecule has 0 bridgehead atoms. The fourth-order valence-electron chi connectivity index (χ4n) is 4.11. The maximum absolute atomic E-state index is 12.9. The molecule has 1 atom stereocenters. The summed E-state index contributed by atoms with van der Waals surface area (Å²) < 4.78 is 44.4. The molecule has 2 aliphatic heterocycles. The number of aliphatic hydroxyl groups is 1. The maximum Gasteiger partial charge on any atom is 0.420 e. The molecule has 0 aliphatic carbocycles. The number of carbonyl (C=O) groups excluding carboxylic acids is 1. The highest BCUT2D eigenvalue weighted by Gasteiger charge is 2.61.